The van der Waals surface area contributed by atoms with Crippen LogP contribution in [0.15, 0.2) is 0 Å². The summed E-state index contributed by atoms with van der Waals surface area (Å²) in [5, 5.41) is 0. The minimum atomic E-state index is -0.774. The standard InChI is InChI=1S/C15H24N2O2S/c1-3-15(4-2,13(16)20)17-11(18)9-14(10-12(17)19)7-5-6-8-14/h3-10H2,1-2H3,(H2,16,20). The van der Waals surface area contributed by atoms with Crippen LogP contribution in [-0.2, 0) is 9.59 Å². The predicted octanol–water partition coefficient (Wildman–Crippen LogP) is 2.54. The van der Waals surface area contributed by atoms with E-state index in [1.807, 2.05) is 13.8 Å². The van der Waals surface area contributed by atoms with Crippen LogP contribution in [0.25, 0.3) is 0 Å². The molecule has 1 spiro atoms. The van der Waals surface area contributed by atoms with Crippen molar-refractivity contribution in [3.63, 3.8) is 0 Å². The highest BCUT2D eigenvalue weighted by atomic mass is 32.1. The number of imide groups is 1. The van der Waals surface area contributed by atoms with E-state index in [9.17, 15) is 9.59 Å². The van der Waals surface area contributed by atoms with E-state index in [2.05, 4.69) is 0 Å². The van der Waals surface area contributed by atoms with Crippen molar-refractivity contribution >= 4 is 29.0 Å². The largest absolute Gasteiger partial charge is 0.391 e. The molecule has 0 bridgehead atoms. The van der Waals surface area contributed by atoms with Crippen LogP contribution in [0, 0.1) is 5.41 Å². The second-order valence-corrected chi connectivity index (χ2v) is 6.73. The number of carbonyl (C=O) groups excluding carboxylic acids is 2. The number of hydrogen-bond acceptors (Lipinski definition) is 3. The van der Waals surface area contributed by atoms with Gasteiger partial charge in [-0.15, -0.1) is 0 Å². The molecule has 0 aromatic heterocycles. The Labute approximate surface area is 126 Å². The summed E-state index contributed by atoms with van der Waals surface area (Å²) in [6.45, 7) is 3.87. The molecule has 0 unspecified atom stereocenters. The molecule has 0 radical (unpaired) electrons. The molecule has 1 heterocycles. The van der Waals surface area contributed by atoms with Gasteiger partial charge >= 0.3 is 0 Å². The molecule has 5 heteroatoms. The Balaban J connectivity index is 2.31. The number of amides is 2. The lowest BCUT2D eigenvalue weighted by Crippen LogP contribution is -2.63. The zero-order chi connectivity index (χ0) is 15.0. The van der Waals surface area contributed by atoms with Crippen LogP contribution in [0.4, 0.5) is 0 Å². The van der Waals surface area contributed by atoms with E-state index < -0.39 is 5.54 Å². The van der Waals surface area contributed by atoms with Crippen LogP contribution in [-0.4, -0.2) is 27.2 Å². The zero-order valence-corrected chi connectivity index (χ0v) is 13.2. The fraction of sp³-hybridized carbons (Fsp3) is 0.800. The van der Waals surface area contributed by atoms with Gasteiger partial charge in [-0.2, -0.15) is 0 Å². The summed E-state index contributed by atoms with van der Waals surface area (Å²) in [5.74, 6) is -0.167. The predicted molar refractivity (Wildman–Crippen MR) is 82.1 cm³/mol. The second kappa shape index (κ2) is 5.43. The third-order valence-electron chi connectivity index (χ3n) is 5.27. The molecule has 0 atom stereocenters. The van der Waals surface area contributed by atoms with Crippen LogP contribution < -0.4 is 5.73 Å². The van der Waals surface area contributed by atoms with Gasteiger partial charge in [0, 0.05) is 12.8 Å². The Kier molecular flexibility index (Phi) is 4.19. The van der Waals surface area contributed by atoms with Crippen molar-refractivity contribution in [2.24, 2.45) is 11.1 Å². The second-order valence-electron chi connectivity index (χ2n) is 6.29. The number of likely N-dealkylation sites (tertiary alicyclic amines) is 1. The van der Waals surface area contributed by atoms with Gasteiger partial charge in [-0.3, -0.25) is 14.5 Å². The molecule has 4 nitrogen and oxygen atoms in total. The monoisotopic (exact) mass is 296 g/mol. The lowest BCUT2D eigenvalue weighted by molar-refractivity contribution is -0.158. The number of nitrogens with zero attached hydrogens (tertiary/aromatic N) is 1. The average Bonchev–Trinajstić information content (AvgIpc) is 2.81. The van der Waals surface area contributed by atoms with Gasteiger partial charge in [-0.25, -0.2) is 0 Å². The summed E-state index contributed by atoms with van der Waals surface area (Å²) < 4.78 is 0. The lowest BCUT2D eigenvalue weighted by atomic mass is 9.74. The molecule has 0 aromatic carbocycles. The maximum Gasteiger partial charge on any atom is 0.230 e. The highest BCUT2D eigenvalue weighted by Gasteiger charge is 2.51. The molecule has 2 aliphatic rings. The van der Waals surface area contributed by atoms with Crippen molar-refractivity contribution < 1.29 is 9.59 Å². The Morgan fingerprint density at radius 3 is 2.00 bits per heavy atom. The quantitative estimate of drug-likeness (QED) is 0.639. The summed E-state index contributed by atoms with van der Waals surface area (Å²) in [7, 11) is 0. The smallest absolute Gasteiger partial charge is 0.230 e. The van der Waals surface area contributed by atoms with E-state index in [0.717, 1.165) is 25.7 Å². The molecule has 1 aliphatic carbocycles. The van der Waals surface area contributed by atoms with E-state index in [-0.39, 0.29) is 22.2 Å². The van der Waals surface area contributed by atoms with E-state index in [1.165, 1.54) is 4.90 Å². The van der Waals surface area contributed by atoms with Gasteiger partial charge in [0.25, 0.3) is 0 Å². The maximum atomic E-state index is 12.6. The third kappa shape index (κ3) is 2.26. The van der Waals surface area contributed by atoms with Crippen molar-refractivity contribution in [1.29, 1.82) is 0 Å². The summed E-state index contributed by atoms with van der Waals surface area (Å²) >= 11 is 5.17. The van der Waals surface area contributed by atoms with Gasteiger partial charge in [-0.05, 0) is 31.1 Å². The normalized spacial score (nSPS) is 22.6. The van der Waals surface area contributed by atoms with E-state index in [1.54, 1.807) is 0 Å². The van der Waals surface area contributed by atoms with Crippen molar-refractivity contribution in [3.8, 4) is 0 Å². The highest BCUT2D eigenvalue weighted by molar-refractivity contribution is 7.80. The number of piperidine rings is 1. The minimum Gasteiger partial charge on any atom is -0.391 e. The van der Waals surface area contributed by atoms with Gasteiger partial charge in [0.15, 0.2) is 0 Å². The molecule has 2 N–H and O–H groups in total. The van der Waals surface area contributed by atoms with Crippen molar-refractivity contribution in [1.82, 2.24) is 4.90 Å². The number of thiocarbonyl (C=S) groups is 1. The van der Waals surface area contributed by atoms with Crippen LogP contribution in [0.3, 0.4) is 0 Å². The molecule has 1 saturated heterocycles. The topological polar surface area (TPSA) is 63.4 Å². The Hall–Kier alpha value is -0.970. The number of hydrogen-bond donors (Lipinski definition) is 1. The maximum absolute atomic E-state index is 12.6. The Morgan fingerprint density at radius 1 is 1.20 bits per heavy atom. The first-order chi connectivity index (χ1) is 9.41. The molecular weight excluding hydrogens is 272 g/mol. The van der Waals surface area contributed by atoms with Crippen LogP contribution in [0.2, 0.25) is 0 Å². The Morgan fingerprint density at radius 2 is 1.65 bits per heavy atom. The fourth-order valence-electron chi connectivity index (χ4n) is 3.98. The molecule has 2 rings (SSSR count). The molecule has 0 aromatic rings. The molecular formula is C15H24N2O2S. The highest BCUT2D eigenvalue weighted by Crippen LogP contribution is 2.48. The van der Waals surface area contributed by atoms with E-state index >= 15 is 0 Å². The molecule has 112 valence electrons. The van der Waals surface area contributed by atoms with Crippen molar-refractivity contribution in [2.45, 2.75) is 70.8 Å². The van der Waals surface area contributed by atoms with Crippen LogP contribution >= 0.6 is 12.2 Å². The fourth-order valence-corrected chi connectivity index (χ4v) is 4.36. The van der Waals surface area contributed by atoms with E-state index in [0.29, 0.717) is 25.7 Å². The third-order valence-corrected chi connectivity index (χ3v) is 5.65. The Bertz CT molecular complexity index is 417. The van der Waals surface area contributed by atoms with Crippen molar-refractivity contribution in [2.75, 3.05) is 0 Å². The number of rotatable bonds is 4. The van der Waals surface area contributed by atoms with Crippen LogP contribution in [0.5, 0.6) is 0 Å². The van der Waals surface area contributed by atoms with Gasteiger partial charge in [0.2, 0.25) is 11.8 Å². The number of carbonyl (C=O) groups is 2. The minimum absolute atomic E-state index is 0.0753. The summed E-state index contributed by atoms with van der Waals surface area (Å²) in [5.41, 5.74) is 5.03. The molecule has 2 amide bonds. The first kappa shape index (κ1) is 15.4. The van der Waals surface area contributed by atoms with Gasteiger partial charge in [-0.1, -0.05) is 38.9 Å². The van der Waals surface area contributed by atoms with Gasteiger partial charge in [0.05, 0.1) is 10.5 Å². The lowest BCUT2D eigenvalue weighted by Gasteiger charge is -2.46. The SMILES string of the molecule is CCC(CC)(C(N)=S)N1C(=O)CC2(CCCC2)CC1=O. The first-order valence-electron chi connectivity index (χ1n) is 7.56. The van der Waals surface area contributed by atoms with E-state index in [4.69, 9.17) is 18.0 Å². The summed E-state index contributed by atoms with van der Waals surface area (Å²) in [6, 6.07) is 0. The van der Waals surface area contributed by atoms with Crippen LogP contribution in [0.1, 0.15) is 65.2 Å². The molecule has 1 aliphatic heterocycles. The molecule has 20 heavy (non-hydrogen) atoms. The molecule has 1 saturated carbocycles. The van der Waals surface area contributed by atoms with Crippen molar-refractivity contribution in [3.05, 3.63) is 0 Å². The first-order valence-corrected chi connectivity index (χ1v) is 7.97. The summed E-state index contributed by atoms with van der Waals surface area (Å²) in [6.07, 6.45) is 6.37. The average molecular weight is 296 g/mol. The number of nitrogens with two attached hydrogens (primary N) is 1. The van der Waals surface area contributed by atoms with Gasteiger partial charge in [0.1, 0.15) is 0 Å². The van der Waals surface area contributed by atoms with Gasteiger partial charge < -0.3 is 5.73 Å². The zero-order valence-electron chi connectivity index (χ0n) is 12.4. The molecule has 2 fully saturated rings. The summed E-state index contributed by atoms with van der Waals surface area (Å²) in [4.78, 5) is 26.9.